The summed E-state index contributed by atoms with van der Waals surface area (Å²) in [6.07, 6.45) is 0.948. The molecular formula is C13H8N4O4. The number of nitrogens with one attached hydrogen (secondary N) is 1. The van der Waals surface area contributed by atoms with Gasteiger partial charge in [-0.3, -0.25) is 10.1 Å². The van der Waals surface area contributed by atoms with Gasteiger partial charge in [-0.2, -0.15) is 5.26 Å². The molecule has 0 saturated carbocycles. The van der Waals surface area contributed by atoms with Crippen molar-refractivity contribution in [1.82, 2.24) is 4.98 Å². The van der Waals surface area contributed by atoms with Gasteiger partial charge in [0.1, 0.15) is 23.6 Å². The van der Waals surface area contributed by atoms with Gasteiger partial charge in [-0.05, 0) is 12.1 Å². The first-order chi connectivity index (χ1) is 10.0. The van der Waals surface area contributed by atoms with Crippen molar-refractivity contribution in [1.29, 1.82) is 5.26 Å². The van der Waals surface area contributed by atoms with E-state index in [9.17, 15) is 14.9 Å². The molecule has 0 radical (unpaired) electrons. The molecule has 8 heteroatoms. The first-order valence-electron chi connectivity index (χ1n) is 5.67. The minimum atomic E-state index is -1.36. The van der Waals surface area contributed by atoms with E-state index in [4.69, 9.17) is 10.4 Å². The molecule has 0 aliphatic rings. The molecule has 1 aromatic heterocycles. The number of para-hydroxylation sites is 1. The maximum absolute atomic E-state index is 11.2. The fourth-order valence-corrected chi connectivity index (χ4v) is 1.63. The Morgan fingerprint density at radius 1 is 1.43 bits per heavy atom. The van der Waals surface area contributed by atoms with E-state index in [1.165, 1.54) is 0 Å². The maximum atomic E-state index is 11.2. The van der Waals surface area contributed by atoms with Crippen molar-refractivity contribution in [2.45, 2.75) is 0 Å². The zero-order valence-electron chi connectivity index (χ0n) is 10.5. The molecule has 0 atom stereocenters. The van der Waals surface area contributed by atoms with Crippen LogP contribution in [-0.2, 0) is 0 Å². The van der Waals surface area contributed by atoms with E-state index in [1.54, 1.807) is 24.3 Å². The van der Waals surface area contributed by atoms with E-state index in [-0.39, 0.29) is 11.4 Å². The highest BCUT2D eigenvalue weighted by Crippen LogP contribution is 2.24. The number of rotatable bonds is 4. The van der Waals surface area contributed by atoms with Gasteiger partial charge in [-0.1, -0.05) is 12.1 Å². The number of carboxylic acids is 1. The molecule has 2 aromatic rings. The minimum Gasteiger partial charge on any atom is -0.478 e. The van der Waals surface area contributed by atoms with E-state index in [0.717, 1.165) is 12.3 Å². The number of hydrogen-bond donors (Lipinski definition) is 2. The number of aromatic carboxylic acids is 1. The second kappa shape index (κ2) is 5.66. The predicted molar refractivity (Wildman–Crippen MR) is 72.3 cm³/mol. The zero-order valence-corrected chi connectivity index (χ0v) is 10.5. The van der Waals surface area contributed by atoms with Crippen LogP contribution in [0, 0.1) is 21.4 Å². The number of nitrogens with zero attached hydrogens (tertiary/aromatic N) is 3. The molecule has 0 spiro atoms. The smallest absolute Gasteiger partial charge is 0.339 e. The highest BCUT2D eigenvalue weighted by atomic mass is 16.6. The molecule has 1 heterocycles. The molecule has 0 saturated heterocycles. The standard InChI is InChI=1S/C13H8N4O4/c14-6-8-3-1-2-4-11(8)16-12-10(13(18)19)5-9(7-15-12)17(20)21/h1-5,7H,(H,15,16)(H,18,19). The summed E-state index contributed by atoms with van der Waals surface area (Å²) in [5, 5.41) is 31.4. The molecule has 2 N–H and O–H groups in total. The number of carbonyl (C=O) groups is 1. The monoisotopic (exact) mass is 284 g/mol. The number of carboxylic acid groups (broad SMARTS) is 1. The van der Waals surface area contributed by atoms with Gasteiger partial charge < -0.3 is 10.4 Å². The fourth-order valence-electron chi connectivity index (χ4n) is 1.63. The van der Waals surface area contributed by atoms with Crippen molar-refractivity contribution in [3.05, 3.63) is 57.8 Å². The van der Waals surface area contributed by atoms with Crippen LogP contribution in [0.2, 0.25) is 0 Å². The number of anilines is 2. The Balaban J connectivity index is 2.47. The number of nitriles is 1. The molecule has 8 nitrogen and oxygen atoms in total. The van der Waals surface area contributed by atoms with Gasteiger partial charge in [0, 0.05) is 6.07 Å². The number of pyridine rings is 1. The number of hydrogen-bond acceptors (Lipinski definition) is 6. The van der Waals surface area contributed by atoms with Crippen LogP contribution in [0.5, 0.6) is 0 Å². The van der Waals surface area contributed by atoms with Crippen LogP contribution in [0.15, 0.2) is 36.5 Å². The second-order valence-electron chi connectivity index (χ2n) is 3.93. The highest BCUT2D eigenvalue weighted by molar-refractivity contribution is 5.94. The van der Waals surface area contributed by atoms with Crippen molar-refractivity contribution < 1.29 is 14.8 Å². The van der Waals surface area contributed by atoms with E-state index in [2.05, 4.69) is 10.3 Å². The predicted octanol–water partition coefficient (Wildman–Crippen LogP) is 2.30. The largest absolute Gasteiger partial charge is 0.478 e. The van der Waals surface area contributed by atoms with Gasteiger partial charge in [0.25, 0.3) is 5.69 Å². The molecule has 104 valence electrons. The summed E-state index contributed by atoms with van der Waals surface area (Å²) in [6, 6.07) is 9.30. The van der Waals surface area contributed by atoms with Crippen molar-refractivity contribution in [3.8, 4) is 6.07 Å². The summed E-state index contributed by atoms with van der Waals surface area (Å²) in [6.45, 7) is 0. The number of nitro groups is 1. The molecule has 0 aliphatic heterocycles. The Kier molecular flexibility index (Phi) is 3.76. The lowest BCUT2D eigenvalue weighted by Crippen LogP contribution is -2.06. The molecule has 21 heavy (non-hydrogen) atoms. The number of aromatic nitrogens is 1. The van der Waals surface area contributed by atoms with Crippen LogP contribution < -0.4 is 5.32 Å². The topological polar surface area (TPSA) is 129 Å². The Morgan fingerprint density at radius 3 is 2.76 bits per heavy atom. The van der Waals surface area contributed by atoms with Crippen molar-refractivity contribution in [3.63, 3.8) is 0 Å². The summed E-state index contributed by atoms with van der Waals surface area (Å²) in [5.41, 5.74) is -0.110. The van der Waals surface area contributed by atoms with Crippen molar-refractivity contribution in [2.75, 3.05) is 5.32 Å². The van der Waals surface area contributed by atoms with Gasteiger partial charge in [-0.25, -0.2) is 9.78 Å². The molecule has 2 rings (SSSR count). The molecule has 0 amide bonds. The Morgan fingerprint density at radius 2 is 2.14 bits per heavy atom. The Hall–Kier alpha value is -3.47. The molecule has 0 unspecified atom stereocenters. The van der Waals surface area contributed by atoms with Crippen LogP contribution in [0.25, 0.3) is 0 Å². The number of benzene rings is 1. The van der Waals surface area contributed by atoms with Crippen LogP contribution in [0.4, 0.5) is 17.2 Å². The van der Waals surface area contributed by atoms with Gasteiger partial charge in [0.15, 0.2) is 0 Å². The van der Waals surface area contributed by atoms with Crippen LogP contribution in [-0.4, -0.2) is 21.0 Å². The Bertz CT molecular complexity index is 767. The lowest BCUT2D eigenvalue weighted by molar-refractivity contribution is -0.385. The van der Waals surface area contributed by atoms with Gasteiger partial charge >= 0.3 is 5.97 Å². The summed E-state index contributed by atoms with van der Waals surface area (Å²) in [4.78, 5) is 24.8. The molecule has 1 aromatic carbocycles. The summed E-state index contributed by atoms with van der Waals surface area (Å²) >= 11 is 0. The molecule has 0 fully saturated rings. The van der Waals surface area contributed by atoms with Crippen molar-refractivity contribution in [2.24, 2.45) is 0 Å². The van der Waals surface area contributed by atoms with E-state index >= 15 is 0 Å². The van der Waals surface area contributed by atoms with Gasteiger partial charge in [0.2, 0.25) is 0 Å². The van der Waals surface area contributed by atoms with Crippen LogP contribution in [0.1, 0.15) is 15.9 Å². The molecule has 0 aliphatic carbocycles. The summed E-state index contributed by atoms with van der Waals surface area (Å²) in [5.74, 6) is -1.43. The quantitative estimate of drug-likeness (QED) is 0.650. The van der Waals surface area contributed by atoms with Crippen LogP contribution >= 0.6 is 0 Å². The summed E-state index contributed by atoms with van der Waals surface area (Å²) < 4.78 is 0. The third kappa shape index (κ3) is 2.93. The van der Waals surface area contributed by atoms with Gasteiger partial charge in [-0.15, -0.1) is 0 Å². The van der Waals surface area contributed by atoms with Crippen molar-refractivity contribution >= 4 is 23.2 Å². The van der Waals surface area contributed by atoms with Crippen LogP contribution in [0.3, 0.4) is 0 Å². The second-order valence-corrected chi connectivity index (χ2v) is 3.93. The average molecular weight is 284 g/mol. The fraction of sp³-hybridized carbons (Fsp3) is 0. The Labute approximate surface area is 118 Å². The minimum absolute atomic E-state index is 0.0733. The maximum Gasteiger partial charge on any atom is 0.339 e. The SMILES string of the molecule is N#Cc1ccccc1Nc1ncc([N+](=O)[O-])cc1C(=O)O. The lowest BCUT2D eigenvalue weighted by Gasteiger charge is -2.09. The zero-order chi connectivity index (χ0) is 15.4. The molecule has 0 bridgehead atoms. The van der Waals surface area contributed by atoms with Gasteiger partial charge in [0.05, 0.1) is 16.2 Å². The highest BCUT2D eigenvalue weighted by Gasteiger charge is 2.18. The van der Waals surface area contributed by atoms with E-state index in [1.807, 2.05) is 6.07 Å². The van der Waals surface area contributed by atoms with E-state index in [0.29, 0.717) is 11.3 Å². The molecular weight excluding hydrogens is 276 g/mol. The third-order valence-corrected chi connectivity index (χ3v) is 2.62. The third-order valence-electron chi connectivity index (χ3n) is 2.62. The lowest BCUT2D eigenvalue weighted by atomic mass is 10.2. The normalized spacial score (nSPS) is 9.67. The first kappa shape index (κ1) is 14.0. The summed E-state index contributed by atoms with van der Waals surface area (Å²) in [7, 11) is 0. The van der Waals surface area contributed by atoms with E-state index < -0.39 is 16.6 Å². The first-order valence-corrected chi connectivity index (χ1v) is 5.67. The average Bonchev–Trinajstić information content (AvgIpc) is 2.47.